The molecule has 0 spiro atoms. The van der Waals surface area contributed by atoms with Crippen LogP contribution < -0.4 is 5.32 Å². The first-order valence-electron chi connectivity index (χ1n) is 7.59. The van der Waals surface area contributed by atoms with E-state index < -0.39 is 0 Å². The fourth-order valence-corrected chi connectivity index (χ4v) is 2.69. The van der Waals surface area contributed by atoms with E-state index in [1.54, 1.807) is 24.3 Å². The van der Waals surface area contributed by atoms with Gasteiger partial charge in [0.2, 0.25) is 0 Å². The predicted molar refractivity (Wildman–Crippen MR) is 82.4 cm³/mol. The molecule has 0 bridgehead atoms. The van der Waals surface area contributed by atoms with E-state index in [4.69, 9.17) is 5.26 Å². The Morgan fingerprint density at radius 3 is 2.86 bits per heavy atom. The minimum Gasteiger partial charge on any atom is -0.352 e. The lowest BCUT2D eigenvalue weighted by Crippen LogP contribution is -2.25. The topological polar surface area (TPSA) is 70.7 Å². The van der Waals surface area contributed by atoms with Gasteiger partial charge < -0.3 is 9.88 Å². The van der Waals surface area contributed by atoms with Crippen molar-refractivity contribution < 1.29 is 4.79 Å². The number of imidazole rings is 1. The summed E-state index contributed by atoms with van der Waals surface area (Å²) in [5.41, 5.74) is 2.17. The van der Waals surface area contributed by atoms with Crippen LogP contribution in [0.15, 0.2) is 30.5 Å². The van der Waals surface area contributed by atoms with Gasteiger partial charge in [0.15, 0.2) is 0 Å². The Labute approximate surface area is 129 Å². The van der Waals surface area contributed by atoms with Gasteiger partial charge in [-0.2, -0.15) is 5.26 Å². The van der Waals surface area contributed by atoms with Gasteiger partial charge in [-0.1, -0.05) is 0 Å². The third-order valence-corrected chi connectivity index (χ3v) is 3.90. The van der Waals surface area contributed by atoms with Gasteiger partial charge in [-0.25, -0.2) is 4.98 Å². The van der Waals surface area contributed by atoms with Crippen molar-refractivity contribution in [2.75, 3.05) is 6.54 Å². The Balaban J connectivity index is 1.53. The highest BCUT2D eigenvalue weighted by Gasteiger charge is 2.12. The molecule has 0 atom stereocenters. The molecule has 112 valence electrons. The molecule has 2 heterocycles. The number of hydrogen-bond acceptors (Lipinski definition) is 3. The maximum absolute atomic E-state index is 12.0. The number of rotatable bonds is 4. The number of carbonyl (C=O) groups is 1. The number of fused-ring (bicyclic) bond motifs is 1. The Morgan fingerprint density at radius 1 is 1.32 bits per heavy atom. The summed E-state index contributed by atoms with van der Waals surface area (Å²) in [6.45, 7) is 1.62. The highest BCUT2D eigenvalue weighted by Crippen LogP contribution is 2.14. The molecule has 3 rings (SSSR count). The van der Waals surface area contributed by atoms with Gasteiger partial charge in [0, 0.05) is 37.7 Å². The van der Waals surface area contributed by atoms with E-state index in [0.717, 1.165) is 25.1 Å². The normalized spacial score (nSPS) is 13.2. The molecule has 5 heteroatoms. The van der Waals surface area contributed by atoms with Crippen molar-refractivity contribution in [3.63, 3.8) is 0 Å². The van der Waals surface area contributed by atoms with Crippen molar-refractivity contribution in [2.45, 2.75) is 32.2 Å². The molecule has 1 aromatic carbocycles. The first-order chi connectivity index (χ1) is 10.8. The van der Waals surface area contributed by atoms with E-state index in [1.807, 2.05) is 6.07 Å². The summed E-state index contributed by atoms with van der Waals surface area (Å²) in [7, 11) is 0. The molecule has 0 saturated carbocycles. The number of nitrogens with one attached hydrogen (secondary N) is 1. The lowest BCUT2D eigenvalue weighted by Gasteiger charge is -2.11. The highest BCUT2D eigenvalue weighted by molar-refractivity contribution is 5.94. The minimum atomic E-state index is -0.117. The van der Waals surface area contributed by atoms with Crippen LogP contribution in [0.2, 0.25) is 0 Å². The summed E-state index contributed by atoms with van der Waals surface area (Å²) < 4.78 is 2.22. The maximum atomic E-state index is 12.0. The lowest BCUT2D eigenvalue weighted by atomic mass is 10.1. The summed E-state index contributed by atoms with van der Waals surface area (Å²) in [4.78, 5) is 16.6. The van der Waals surface area contributed by atoms with E-state index in [-0.39, 0.29) is 5.91 Å². The highest BCUT2D eigenvalue weighted by atomic mass is 16.1. The summed E-state index contributed by atoms with van der Waals surface area (Å²) >= 11 is 0. The molecule has 0 saturated heterocycles. The van der Waals surface area contributed by atoms with Gasteiger partial charge in [-0.3, -0.25) is 4.79 Å². The second kappa shape index (κ2) is 6.44. The fraction of sp³-hybridized carbons (Fsp3) is 0.353. The largest absolute Gasteiger partial charge is 0.352 e. The number of nitrogens with zero attached hydrogens (tertiary/aromatic N) is 3. The number of nitriles is 1. The molecular weight excluding hydrogens is 276 g/mol. The van der Waals surface area contributed by atoms with Crippen molar-refractivity contribution in [1.29, 1.82) is 5.26 Å². The lowest BCUT2D eigenvalue weighted by molar-refractivity contribution is 0.0954. The SMILES string of the molecule is N#Cc1ccc(C(=O)NCCc2cn3c(n2)CCCC3)cc1. The van der Waals surface area contributed by atoms with Crippen LogP contribution in [-0.2, 0) is 19.4 Å². The molecule has 5 nitrogen and oxygen atoms in total. The van der Waals surface area contributed by atoms with Crippen LogP contribution in [0.4, 0.5) is 0 Å². The summed E-state index contributed by atoms with van der Waals surface area (Å²) in [5, 5.41) is 11.6. The zero-order valence-electron chi connectivity index (χ0n) is 12.4. The molecule has 1 N–H and O–H groups in total. The van der Waals surface area contributed by atoms with Gasteiger partial charge >= 0.3 is 0 Å². The van der Waals surface area contributed by atoms with Crippen LogP contribution in [0.1, 0.15) is 40.3 Å². The van der Waals surface area contributed by atoms with E-state index in [2.05, 4.69) is 21.1 Å². The fourth-order valence-electron chi connectivity index (χ4n) is 2.69. The quantitative estimate of drug-likeness (QED) is 0.938. The van der Waals surface area contributed by atoms with Gasteiger partial charge in [-0.05, 0) is 37.1 Å². The van der Waals surface area contributed by atoms with Crippen LogP contribution in [-0.4, -0.2) is 22.0 Å². The molecule has 22 heavy (non-hydrogen) atoms. The number of aryl methyl sites for hydroxylation is 2. The van der Waals surface area contributed by atoms with Gasteiger partial charge in [0.25, 0.3) is 5.91 Å². The van der Waals surface area contributed by atoms with Gasteiger partial charge in [0.05, 0.1) is 17.3 Å². The predicted octanol–water partition coefficient (Wildman–Crippen LogP) is 2.06. The van der Waals surface area contributed by atoms with E-state index in [9.17, 15) is 4.79 Å². The molecular formula is C17H18N4O. The van der Waals surface area contributed by atoms with Crippen LogP contribution in [0.25, 0.3) is 0 Å². The number of carbonyl (C=O) groups excluding carboxylic acids is 1. The molecule has 1 aromatic heterocycles. The third kappa shape index (κ3) is 3.17. The average Bonchev–Trinajstić information content (AvgIpc) is 2.97. The van der Waals surface area contributed by atoms with Crippen LogP contribution >= 0.6 is 0 Å². The summed E-state index contributed by atoms with van der Waals surface area (Å²) in [6.07, 6.45) is 6.33. The zero-order valence-corrected chi connectivity index (χ0v) is 12.4. The van der Waals surface area contributed by atoms with Crippen molar-refractivity contribution in [1.82, 2.24) is 14.9 Å². The maximum Gasteiger partial charge on any atom is 0.251 e. The van der Waals surface area contributed by atoms with Crippen molar-refractivity contribution >= 4 is 5.91 Å². The molecule has 0 aliphatic carbocycles. The molecule has 2 aromatic rings. The van der Waals surface area contributed by atoms with Gasteiger partial charge in [-0.15, -0.1) is 0 Å². The summed E-state index contributed by atoms with van der Waals surface area (Å²) in [5.74, 6) is 1.05. The van der Waals surface area contributed by atoms with Crippen LogP contribution in [0.3, 0.4) is 0 Å². The Bertz CT molecular complexity index is 686. The smallest absolute Gasteiger partial charge is 0.251 e. The molecule has 0 unspecified atom stereocenters. The monoisotopic (exact) mass is 294 g/mol. The Kier molecular flexibility index (Phi) is 4.19. The van der Waals surface area contributed by atoms with E-state index in [1.165, 1.54) is 18.7 Å². The third-order valence-electron chi connectivity index (χ3n) is 3.90. The van der Waals surface area contributed by atoms with Gasteiger partial charge in [0.1, 0.15) is 5.82 Å². The second-order valence-electron chi connectivity index (χ2n) is 5.49. The van der Waals surface area contributed by atoms with Crippen molar-refractivity contribution in [3.8, 4) is 6.07 Å². The van der Waals surface area contributed by atoms with Crippen molar-refractivity contribution in [3.05, 3.63) is 53.1 Å². The molecule has 0 fully saturated rings. The number of benzene rings is 1. The van der Waals surface area contributed by atoms with Crippen LogP contribution in [0, 0.1) is 11.3 Å². The molecule has 1 aliphatic rings. The first-order valence-corrected chi connectivity index (χ1v) is 7.59. The standard InChI is InChI=1S/C17H18N4O/c18-11-13-4-6-14(7-5-13)17(22)19-9-8-15-12-21-10-2-1-3-16(21)20-15/h4-7,12H,1-3,8-10H2,(H,19,22). The van der Waals surface area contributed by atoms with E-state index in [0.29, 0.717) is 17.7 Å². The second-order valence-corrected chi connectivity index (χ2v) is 5.49. The minimum absolute atomic E-state index is 0.117. The van der Waals surface area contributed by atoms with Crippen molar-refractivity contribution in [2.24, 2.45) is 0 Å². The number of aromatic nitrogens is 2. The molecule has 0 radical (unpaired) electrons. The molecule has 1 amide bonds. The summed E-state index contributed by atoms with van der Waals surface area (Å²) in [6, 6.07) is 8.68. The number of hydrogen-bond donors (Lipinski definition) is 1. The first kappa shape index (κ1) is 14.3. The van der Waals surface area contributed by atoms with Crippen LogP contribution in [0.5, 0.6) is 0 Å². The Morgan fingerprint density at radius 2 is 2.14 bits per heavy atom. The Hall–Kier alpha value is -2.61. The zero-order chi connectivity index (χ0) is 15.4. The van der Waals surface area contributed by atoms with E-state index >= 15 is 0 Å². The average molecular weight is 294 g/mol. The molecule has 1 aliphatic heterocycles. The number of amides is 1.